The number of carbonyl (C=O) groups is 1. The fourth-order valence-electron chi connectivity index (χ4n) is 2.72. The molecule has 1 amide bonds. The molecule has 3 N–H and O–H groups in total. The van der Waals surface area contributed by atoms with Gasteiger partial charge in [-0.05, 0) is 25.7 Å². The molecule has 1 heterocycles. The van der Waals surface area contributed by atoms with Crippen molar-refractivity contribution in [1.82, 2.24) is 10.2 Å². The zero-order chi connectivity index (χ0) is 12.8. The van der Waals surface area contributed by atoms with Crippen LogP contribution in [-0.2, 0) is 4.79 Å². The highest BCUT2D eigenvalue weighted by Crippen LogP contribution is 2.17. The zero-order valence-corrected chi connectivity index (χ0v) is 13.8. The van der Waals surface area contributed by atoms with Gasteiger partial charge in [0.25, 0.3) is 0 Å². The summed E-state index contributed by atoms with van der Waals surface area (Å²) in [5, 5.41) is 3.22. The smallest absolute Gasteiger partial charge is 0.244 e. The first-order valence-electron chi connectivity index (χ1n) is 7.10. The highest BCUT2D eigenvalue weighted by molar-refractivity contribution is 14.0. The molecule has 1 aliphatic heterocycles. The minimum absolute atomic E-state index is 0. The number of aliphatic imine (C=N–C) groups is 1. The molecule has 0 aromatic carbocycles. The van der Waals surface area contributed by atoms with Gasteiger partial charge in [0.05, 0.1) is 0 Å². The van der Waals surface area contributed by atoms with Crippen molar-refractivity contribution in [2.24, 2.45) is 10.7 Å². The zero-order valence-electron chi connectivity index (χ0n) is 11.4. The molecule has 0 atom stereocenters. The minimum atomic E-state index is 0. The van der Waals surface area contributed by atoms with E-state index in [4.69, 9.17) is 5.73 Å². The van der Waals surface area contributed by atoms with E-state index in [1.165, 1.54) is 19.3 Å². The third kappa shape index (κ3) is 5.54. The largest absolute Gasteiger partial charge is 0.370 e. The first-order chi connectivity index (χ1) is 8.75. The molecule has 0 aromatic rings. The molecule has 0 spiro atoms. The second kappa shape index (κ2) is 8.60. The normalized spacial score (nSPS) is 21.1. The van der Waals surface area contributed by atoms with Crippen LogP contribution in [0.25, 0.3) is 0 Å². The Morgan fingerprint density at radius 2 is 1.79 bits per heavy atom. The van der Waals surface area contributed by atoms with Crippen LogP contribution in [0.15, 0.2) is 4.99 Å². The van der Waals surface area contributed by atoms with Crippen LogP contribution < -0.4 is 11.1 Å². The molecule has 2 fully saturated rings. The Hall–Kier alpha value is -0.530. The van der Waals surface area contributed by atoms with Gasteiger partial charge in [-0.2, -0.15) is 0 Å². The molecule has 5 nitrogen and oxygen atoms in total. The summed E-state index contributed by atoms with van der Waals surface area (Å²) >= 11 is 0. The van der Waals surface area contributed by atoms with Crippen molar-refractivity contribution >= 4 is 35.8 Å². The minimum Gasteiger partial charge on any atom is -0.370 e. The SMILES string of the molecule is I.NC(=NCC(=O)N1CCCC1)NC1CCCCC1. The first-order valence-corrected chi connectivity index (χ1v) is 7.10. The number of hydrogen-bond donors (Lipinski definition) is 2. The van der Waals surface area contributed by atoms with E-state index in [1.807, 2.05) is 4.90 Å². The number of likely N-dealkylation sites (tertiary alicyclic amines) is 1. The van der Waals surface area contributed by atoms with Gasteiger partial charge in [0.15, 0.2) is 5.96 Å². The van der Waals surface area contributed by atoms with Gasteiger partial charge in [0, 0.05) is 19.1 Å². The number of guanidine groups is 1. The van der Waals surface area contributed by atoms with Crippen LogP contribution >= 0.6 is 24.0 Å². The molecule has 1 saturated heterocycles. The lowest BCUT2D eigenvalue weighted by Crippen LogP contribution is -2.41. The number of nitrogens with one attached hydrogen (secondary N) is 1. The van der Waals surface area contributed by atoms with Crippen molar-refractivity contribution in [2.75, 3.05) is 19.6 Å². The van der Waals surface area contributed by atoms with Gasteiger partial charge in [0.2, 0.25) is 5.91 Å². The Morgan fingerprint density at radius 3 is 2.42 bits per heavy atom. The average Bonchev–Trinajstić information content (AvgIpc) is 2.91. The van der Waals surface area contributed by atoms with E-state index >= 15 is 0 Å². The molecule has 1 saturated carbocycles. The average molecular weight is 380 g/mol. The topological polar surface area (TPSA) is 70.7 Å². The molecule has 2 rings (SSSR count). The lowest BCUT2D eigenvalue weighted by molar-refractivity contribution is -0.128. The first kappa shape index (κ1) is 16.5. The van der Waals surface area contributed by atoms with Crippen LogP contribution in [0.4, 0.5) is 0 Å². The van der Waals surface area contributed by atoms with E-state index in [-0.39, 0.29) is 36.4 Å². The number of halogens is 1. The van der Waals surface area contributed by atoms with Gasteiger partial charge in [-0.3, -0.25) is 4.79 Å². The molecule has 0 unspecified atom stereocenters. The molecule has 1 aliphatic carbocycles. The predicted octanol–water partition coefficient (Wildman–Crippen LogP) is 1.46. The van der Waals surface area contributed by atoms with Gasteiger partial charge in [-0.1, -0.05) is 19.3 Å². The van der Waals surface area contributed by atoms with E-state index in [0.29, 0.717) is 12.0 Å². The predicted molar refractivity (Wildman–Crippen MR) is 87.7 cm³/mol. The number of nitrogens with two attached hydrogens (primary N) is 1. The molecule has 0 aromatic heterocycles. The fraction of sp³-hybridized carbons (Fsp3) is 0.846. The molecule has 6 heteroatoms. The summed E-state index contributed by atoms with van der Waals surface area (Å²) in [6, 6.07) is 0.449. The van der Waals surface area contributed by atoms with Gasteiger partial charge >= 0.3 is 0 Å². The third-order valence-electron chi connectivity index (χ3n) is 3.80. The monoisotopic (exact) mass is 380 g/mol. The van der Waals surface area contributed by atoms with Crippen molar-refractivity contribution in [2.45, 2.75) is 51.0 Å². The molecule has 0 bridgehead atoms. The second-order valence-electron chi connectivity index (χ2n) is 5.27. The summed E-state index contributed by atoms with van der Waals surface area (Å²) in [6.07, 6.45) is 8.40. The summed E-state index contributed by atoms with van der Waals surface area (Å²) in [5.74, 6) is 0.523. The number of hydrogen-bond acceptors (Lipinski definition) is 2. The second-order valence-corrected chi connectivity index (χ2v) is 5.27. The Labute approximate surface area is 132 Å². The van der Waals surface area contributed by atoms with Crippen molar-refractivity contribution < 1.29 is 4.79 Å². The van der Waals surface area contributed by atoms with Gasteiger partial charge in [0.1, 0.15) is 6.54 Å². The van der Waals surface area contributed by atoms with Crippen LogP contribution in [0, 0.1) is 0 Å². The molecular formula is C13H25IN4O. The van der Waals surface area contributed by atoms with E-state index in [9.17, 15) is 4.79 Å². The van der Waals surface area contributed by atoms with E-state index in [0.717, 1.165) is 38.8 Å². The van der Waals surface area contributed by atoms with Crippen molar-refractivity contribution in [3.8, 4) is 0 Å². The number of rotatable bonds is 3. The van der Waals surface area contributed by atoms with Gasteiger partial charge < -0.3 is 16.0 Å². The fourth-order valence-corrected chi connectivity index (χ4v) is 2.72. The molecule has 110 valence electrons. The summed E-state index contributed by atoms with van der Waals surface area (Å²) in [4.78, 5) is 17.8. The molecular weight excluding hydrogens is 355 g/mol. The highest BCUT2D eigenvalue weighted by Gasteiger charge is 2.17. The molecule has 2 aliphatic rings. The summed E-state index contributed by atoms with van der Waals surface area (Å²) in [5.41, 5.74) is 5.82. The van der Waals surface area contributed by atoms with Crippen LogP contribution in [0.2, 0.25) is 0 Å². The maximum Gasteiger partial charge on any atom is 0.244 e. The Balaban J connectivity index is 0.00000180. The van der Waals surface area contributed by atoms with E-state index < -0.39 is 0 Å². The Morgan fingerprint density at radius 1 is 1.16 bits per heavy atom. The van der Waals surface area contributed by atoms with Crippen LogP contribution in [0.3, 0.4) is 0 Å². The Kier molecular flexibility index (Phi) is 7.48. The molecule has 0 radical (unpaired) electrons. The third-order valence-corrected chi connectivity index (χ3v) is 3.80. The highest BCUT2D eigenvalue weighted by atomic mass is 127. The van der Waals surface area contributed by atoms with Crippen LogP contribution in [-0.4, -0.2) is 42.4 Å². The standard InChI is InChI=1S/C13H24N4O.HI/c14-13(16-11-6-2-1-3-7-11)15-10-12(18)17-8-4-5-9-17;/h11H,1-10H2,(H3,14,15,16);1H. The summed E-state index contributed by atoms with van der Waals surface area (Å²) in [7, 11) is 0. The summed E-state index contributed by atoms with van der Waals surface area (Å²) in [6.45, 7) is 1.94. The van der Waals surface area contributed by atoms with Gasteiger partial charge in [-0.15, -0.1) is 24.0 Å². The van der Waals surface area contributed by atoms with Crippen molar-refractivity contribution in [1.29, 1.82) is 0 Å². The number of amides is 1. The van der Waals surface area contributed by atoms with E-state index in [1.54, 1.807) is 0 Å². The van der Waals surface area contributed by atoms with Crippen LogP contribution in [0.5, 0.6) is 0 Å². The maximum atomic E-state index is 11.8. The van der Waals surface area contributed by atoms with Crippen molar-refractivity contribution in [3.05, 3.63) is 0 Å². The quantitative estimate of drug-likeness (QED) is 0.443. The lowest BCUT2D eigenvalue weighted by Gasteiger charge is -2.23. The number of nitrogens with zero attached hydrogens (tertiary/aromatic N) is 2. The van der Waals surface area contributed by atoms with Crippen LogP contribution in [0.1, 0.15) is 44.9 Å². The summed E-state index contributed by atoms with van der Waals surface area (Å²) < 4.78 is 0. The maximum absolute atomic E-state index is 11.8. The van der Waals surface area contributed by atoms with E-state index in [2.05, 4.69) is 10.3 Å². The number of carbonyl (C=O) groups excluding carboxylic acids is 1. The Bertz CT molecular complexity index is 310. The molecule has 19 heavy (non-hydrogen) atoms. The lowest BCUT2D eigenvalue weighted by atomic mass is 9.96. The van der Waals surface area contributed by atoms with Crippen molar-refractivity contribution in [3.63, 3.8) is 0 Å². The van der Waals surface area contributed by atoms with Gasteiger partial charge in [-0.25, -0.2) is 4.99 Å².